The Morgan fingerprint density at radius 3 is 2.64 bits per heavy atom. The van der Waals surface area contributed by atoms with Crippen molar-refractivity contribution in [2.75, 3.05) is 19.5 Å². The van der Waals surface area contributed by atoms with Crippen molar-refractivity contribution in [1.29, 1.82) is 0 Å². The Morgan fingerprint density at radius 1 is 1.11 bits per heavy atom. The van der Waals surface area contributed by atoms with E-state index in [-0.39, 0.29) is 17.2 Å². The summed E-state index contributed by atoms with van der Waals surface area (Å²) in [5.74, 6) is 0.923. The molecule has 8 nitrogen and oxygen atoms in total. The number of ether oxygens (including phenoxy) is 2. The van der Waals surface area contributed by atoms with Crippen LogP contribution >= 0.6 is 11.8 Å². The van der Waals surface area contributed by atoms with E-state index in [1.807, 2.05) is 56.3 Å². The zero-order valence-electron chi connectivity index (χ0n) is 20.2. The van der Waals surface area contributed by atoms with E-state index in [1.165, 1.54) is 22.5 Å². The molecular formula is C27H26N4O4S. The summed E-state index contributed by atoms with van der Waals surface area (Å²) in [6, 6.07) is 20.2. The summed E-state index contributed by atoms with van der Waals surface area (Å²) in [7, 11) is 1.56. The molecule has 0 saturated carbocycles. The normalized spacial score (nSPS) is 11.1. The highest BCUT2D eigenvalue weighted by Gasteiger charge is 2.14. The lowest BCUT2D eigenvalue weighted by molar-refractivity contribution is -0.118. The number of hydrazone groups is 1. The highest BCUT2D eigenvalue weighted by molar-refractivity contribution is 7.99. The van der Waals surface area contributed by atoms with Crippen LogP contribution in [0.5, 0.6) is 11.5 Å². The summed E-state index contributed by atoms with van der Waals surface area (Å²) in [5.41, 5.74) is 5.43. The number of benzene rings is 3. The van der Waals surface area contributed by atoms with Crippen LogP contribution in [-0.2, 0) is 4.79 Å². The monoisotopic (exact) mass is 502 g/mol. The van der Waals surface area contributed by atoms with Gasteiger partial charge in [0.05, 0.1) is 42.3 Å². The topological polar surface area (TPSA) is 94.8 Å². The summed E-state index contributed by atoms with van der Waals surface area (Å²) in [6.07, 6.45) is 1.53. The SMILES string of the molecule is CCOc1ccc(/C=N\NC(=O)CSc2nc3ccccc3c(=O)n2-c2ccc(C)cc2)cc1OC. The number of para-hydroxylation sites is 1. The van der Waals surface area contributed by atoms with Crippen LogP contribution in [0.4, 0.5) is 0 Å². The number of hydrogen-bond acceptors (Lipinski definition) is 7. The lowest BCUT2D eigenvalue weighted by Crippen LogP contribution is -2.24. The molecule has 1 N–H and O–H groups in total. The zero-order chi connectivity index (χ0) is 25.5. The van der Waals surface area contributed by atoms with E-state index in [4.69, 9.17) is 9.47 Å². The number of aryl methyl sites for hydroxylation is 1. The molecule has 1 heterocycles. The van der Waals surface area contributed by atoms with Crippen molar-refractivity contribution < 1.29 is 14.3 Å². The molecule has 9 heteroatoms. The molecule has 0 aliphatic heterocycles. The number of nitrogens with zero attached hydrogens (tertiary/aromatic N) is 3. The summed E-state index contributed by atoms with van der Waals surface area (Å²) in [6.45, 7) is 4.41. The van der Waals surface area contributed by atoms with Crippen molar-refractivity contribution in [3.8, 4) is 17.2 Å². The number of thioether (sulfide) groups is 1. The van der Waals surface area contributed by atoms with Crippen LogP contribution in [0.3, 0.4) is 0 Å². The highest BCUT2D eigenvalue weighted by atomic mass is 32.2. The quantitative estimate of drug-likeness (QED) is 0.158. The summed E-state index contributed by atoms with van der Waals surface area (Å²) < 4.78 is 12.4. The second-order valence-electron chi connectivity index (χ2n) is 7.81. The van der Waals surface area contributed by atoms with E-state index in [1.54, 1.807) is 31.4 Å². The van der Waals surface area contributed by atoms with Crippen LogP contribution < -0.4 is 20.5 Å². The third-order valence-electron chi connectivity index (χ3n) is 5.26. The van der Waals surface area contributed by atoms with Crippen LogP contribution in [0.15, 0.2) is 81.8 Å². The third kappa shape index (κ3) is 5.75. The van der Waals surface area contributed by atoms with E-state index in [0.29, 0.717) is 39.9 Å². The van der Waals surface area contributed by atoms with Gasteiger partial charge in [-0.15, -0.1) is 0 Å². The summed E-state index contributed by atoms with van der Waals surface area (Å²) >= 11 is 1.17. The molecule has 184 valence electrons. The number of rotatable bonds is 9. The van der Waals surface area contributed by atoms with Gasteiger partial charge in [0, 0.05) is 0 Å². The molecule has 0 atom stereocenters. The van der Waals surface area contributed by atoms with Crippen LogP contribution in [0.1, 0.15) is 18.1 Å². The van der Waals surface area contributed by atoms with Gasteiger partial charge in [0.15, 0.2) is 16.7 Å². The number of fused-ring (bicyclic) bond motifs is 1. The van der Waals surface area contributed by atoms with Crippen molar-refractivity contribution >= 4 is 34.8 Å². The molecule has 0 bridgehead atoms. The van der Waals surface area contributed by atoms with Crippen molar-refractivity contribution in [1.82, 2.24) is 15.0 Å². The van der Waals surface area contributed by atoms with Gasteiger partial charge in [-0.25, -0.2) is 10.4 Å². The molecule has 0 aliphatic rings. The molecule has 0 radical (unpaired) electrons. The fraction of sp³-hybridized carbons (Fsp3) is 0.185. The van der Waals surface area contributed by atoms with Gasteiger partial charge < -0.3 is 9.47 Å². The van der Waals surface area contributed by atoms with E-state index in [0.717, 1.165) is 11.1 Å². The molecule has 0 spiro atoms. The first kappa shape index (κ1) is 25.0. The number of carbonyl (C=O) groups is 1. The number of hydrogen-bond donors (Lipinski definition) is 1. The third-order valence-corrected chi connectivity index (χ3v) is 6.20. The van der Waals surface area contributed by atoms with E-state index in [2.05, 4.69) is 15.5 Å². The summed E-state index contributed by atoms with van der Waals surface area (Å²) in [5, 5.41) is 4.98. The smallest absolute Gasteiger partial charge is 0.266 e. The Labute approximate surface area is 213 Å². The highest BCUT2D eigenvalue weighted by Crippen LogP contribution is 2.27. The molecule has 3 aromatic carbocycles. The maximum absolute atomic E-state index is 13.3. The number of aromatic nitrogens is 2. The predicted octanol–water partition coefficient (Wildman–Crippen LogP) is 4.34. The first-order chi connectivity index (χ1) is 17.5. The van der Waals surface area contributed by atoms with Crippen molar-refractivity contribution in [2.45, 2.75) is 19.0 Å². The van der Waals surface area contributed by atoms with Gasteiger partial charge >= 0.3 is 0 Å². The number of amides is 1. The number of methoxy groups -OCH3 is 1. The standard InChI is InChI=1S/C27H26N4O4S/c1-4-35-23-14-11-19(15-24(23)34-3)16-28-30-25(32)17-36-27-29-22-8-6-5-7-21(22)26(33)31(27)20-12-9-18(2)10-13-20/h5-16H,4,17H2,1-3H3,(H,30,32)/b28-16-. The van der Waals surface area contributed by atoms with Gasteiger partial charge in [0.2, 0.25) is 0 Å². The molecule has 4 rings (SSSR count). The van der Waals surface area contributed by atoms with E-state index >= 15 is 0 Å². The molecule has 1 aromatic heterocycles. The van der Waals surface area contributed by atoms with Crippen molar-refractivity contribution in [2.24, 2.45) is 5.10 Å². The average molecular weight is 503 g/mol. The minimum Gasteiger partial charge on any atom is -0.493 e. The molecule has 0 unspecified atom stereocenters. The average Bonchev–Trinajstić information content (AvgIpc) is 2.89. The Hall–Kier alpha value is -4.11. The van der Waals surface area contributed by atoms with Gasteiger partial charge in [-0.05, 0) is 61.9 Å². The van der Waals surface area contributed by atoms with Gasteiger partial charge in [-0.3, -0.25) is 14.2 Å². The van der Waals surface area contributed by atoms with Gasteiger partial charge in [0.25, 0.3) is 11.5 Å². The minimum atomic E-state index is -0.327. The Balaban J connectivity index is 1.50. The second kappa shape index (κ2) is 11.5. The van der Waals surface area contributed by atoms with Gasteiger partial charge in [0.1, 0.15) is 0 Å². The molecule has 1 amide bonds. The Bertz CT molecular complexity index is 1470. The lowest BCUT2D eigenvalue weighted by atomic mass is 10.2. The van der Waals surface area contributed by atoms with E-state index in [9.17, 15) is 9.59 Å². The van der Waals surface area contributed by atoms with Crippen LogP contribution in [0, 0.1) is 6.92 Å². The maximum atomic E-state index is 13.3. The Morgan fingerprint density at radius 2 is 1.89 bits per heavy atom. The largest absolute Gasteiger partial charge is 0.493 e. The van der Waals surface area contributed by atoms with E-state index < -0.39 is 0 Å². The van der Waals surface area contributed by atoms with Gasteiger partial charge in [-0.2, -0.15) is 5.10 Å². The molecule has 0 fully saturated rings. The van der Waals surface area contributed by atoms with Crippen LogP contribution in [-0.4, -0.2) is 41.1 Å². The lowest BCUT2D eigenvalue weighted by Gasteiger charge is -2.13. The molecule has 36 heavy (non-hydrogen) atoms. The van der Waals surface area contributed by atoms with Crippen molar-refractivity contribution in [3.63, 3.8) is 0 Å². The Kier molecular flexibility index (Phi) is 8.02. The molecular weight excluding hydrogens is 476 g/mol. The zero-order valence-corrected chi connectivity index (χ0v) is 21.0. The first-order valence-corrected chi connectivity index (χ1v) is 12.3. The molecule has 0 aliphatic carbocycles. The number of carbonyl (C=O) groups excluding carboxylic acids is 1. The van der Waals surface area contributed by atoms with Crippen molar-refractivity contribution in [3.05, 3.63) is 88.2 Å². The second-order valence-corrected chi connectivity index (χ2v) is 8.76. The van der Waals surface area contributed by atoms with Gasteiger partial charge in [-0.1, -0.05) is 41.6 Å². The predicted molar refractivity (Wildman–Crippen MR) is 143 cm³/mol. The summed E-state index contributed by atoms with van der Waals surface area (Å²) in [4.78, 5) is 30.5. The molecule has 0 saturated heterocycles. The van der Waals surface area contributed by atoms with Crippen LogP contribution in [0.25, 0.3) is 16.6 Å². The molecule has 4 aromatic rings. The first-order valence-electron chi connectivity index (χ1n) is 11.3. The fourth-order valence-corrected chi connectivity index (χ4v) is 4.32. The maximum Gasteiger partial charge on any atom is 0.266 e. The van der Waals surface area contributed by atoms with Crippen LogP contribution in [0.2, 0.25) is 0 Å². The minimum absolute atomic E-state index is 0.0284. The fourth-order valence-electron chi connectivity index (χ4n) is 3.51. The number of nitrogens with one attached hydrogen (secondary N) is 1.